The van der Waals surface area contributed by atoms with Crippen molar-refractivity contribution in [2.45, 2.75) is 38.5 Å². The van der Waals surface area contributed by atoms with Gasteiger partial charge in [0.2, 0.25) is 0 Å². The minimum atomic E-state index is 0.620. The topological polar surface area (TPSA) is 12.9 Å². The zero-order chi connectivity index (χ0) is 8.55. The third-order valence-electron chi connectivity index (χ3n) is 2.53. The van der Waals surface area contributed by atoms with E-state index in [4.69, 9.17) is 0 Å². The van der Waals surface area contributed by atoms with Crippen LogP contribution in [0.3, 0.4) is 0 Å². The van der Waals surface area contributed by atoms with Crippen LogP contribution >= 0.6 is 0 Å². The molecule has 0 bridgehead atoms. The van der Waals surface area contributed by atoms with E-state index in [-0.39, 0.29) is 0 Å². The van der Waals surface area contributed by atoms with Crippen LogP contribution in [0, 0.1) is 0 Å². The molecule has 0 unspecified atom stereocenters. The van der Waals surface area contributed by atoms with Gasteiger partial charge in [-0.05, 0) is 41.9 Å². The van der Waals surface area contributed by atoms with Crippen LogP contribution in [-0.2, 0) is 0 Å². The summed E-state index contributed by atoms with van der Waals surface area (Å²) in [6, 6.07) is 2.19. The average molecular weight is 161 g/mol. The molecule has 0 amide bonds. The van der Waals surface area contributed by atoms with Gasteiger partial charge in [0.15, 0.2) is 0 Å². The molecule has 12 heavy (non-hydrogen) atoms. The number of pyridine rings is 1. The molecular formula is C11H15N. The first-order valence-corrected chi connectivity index (χ1v) is 4.73. The highest BCUT2D eigenvalue weighted by Crippen LogP contribution is 2.42. The molecule has 1 heteroatoms. The molecule has 64 valence electrons. The quantitative estimate of drug-likeness (QED) is 0.649. The summed E-state index contributed by atoms with van der Waals surface area (Å²) in [4.78, 5) is 4.18. The minimum absolute atomic E-state index is 0.620. The number of hydrogen-bond donors (Lipinski definition) is 0. The minimum Gasteiger partial charge on any atom is -0.264 e. The lowest BCUT2D eigenvalue weighted by Gasteiger charge is -2.10. The summed E-state index contributed by atoms with van der Waals surface area (Å²) < 4.78 is 0. The smallest absolute Gasteiger partial charge is 0.0305 e. The van der Waals surface area contributed by atoms with Crippen LogP contribution in [0.5, 0.6) is 0 Å². The van der Waals surface area contributed by atoms with E-state index in [0.29, 0.717) is 5.92 Å². The van der Waals surface area contributed by atoms with Gasteiger partial charge in [0, 0.05) is 12.4 Å². The fourth-order valence-electron chi connectivity index (χ4n) is 1.67. The van der Waals surface area contributed by atoms with Gasteiger partial charge in [-0.2, -0.15) is 0 Å². The van der Waals surface area contributed by atoms with Crippen LogP contribution in [0.25, 0.3) is 0 Å². The zero-order valence-corrected chi connectivity index (χ0v) is 7.75. The van der Waals surface area contributed by atoms with Crippen molar-refractivity contribution < 1.29 is 0 Å². The van der Waals surface area contributed by atoms with E-state index in [9.17, 15) is 0 Å². The number of rotatable bonds is 2. The molecule has 0 radical (unpaired) electrons. The third kappa shape index (κ3) is 1.36. The van der Waals surface area contributed by atoms with Gasteiger partial charge in [-0.3, -0.25) is 4.98 Å². The number of nitrogens with zero attached hydrogens (tertiary/aromatic N) is 1. The average Bonchev–Trinajstić information content (AvgIpc) is 2.87. The maximum absolute atomic E-state index is 4.18. The van der Waals surface area contributed by atoms with E-state index in [0.717, 1.165) is 5.92 Å². The highest BCUT2D eigenvalue weighted by molar-refractivity contribution is 5.32. The van der Waals surface area contributed by atoms with Crippen molar-refractivity contribution in [3.05, 3.63) is 29.6 Å². The zero-order valence-electron chi connectivity index (χ0n) is 7.75. The van der Waals surface area contributed by atoms with Crippen molar-refractivity contribution in [1.82, 2.24) is 4.98 Å². The van der Waals surface area contributed by atoms with E-state index in [1.807, 2.05) is 12.4 Å². The SMILES string of the molecule is CC(C)c1cnccc1C1CC1. The Balaban J connectivity index is 2.36. The van der Waals surface area contributed by atoms with Crippen LogP contribution in [0.1, 0.15) is 49.7 Å². The largest absolute Gasteiger partial charge is 0.264 e. The van der Waals surface area contributed by atoms with Gasteiger partial charge in [-0.1, -0.05) is 13.8 Å². The van der Waals surface area contributed by atoms with Crippen LogP contribution in [0.4, 0.5) is 0 Å². The first-order valence-electron chi connectivity index (χ1n) is 4.73. The van der Waals surface area contributed by atoms with Gasteiger partial charge in [0.05, 0.1) is 0 Å². The van der Waals surface area contributed by atoms with Crippen molar-refractivity contribution in [2.75, 3.05) is 0 Å². The lowest BCUT2D eigenvalue weighted by atomic mass is 9.97. The Morgan fingerprint density at radius 2 is 2.17 bits per heavy atom. The Bertz CT molecular complexity index is 253. The predicted molar refractivity (Wildman–Crippen MR) is 50.3 cm³/mol. The molecule has 0 N–H and O–H groups in total. The molecule has 0 saturated heterocycles. The Labute approximate surface area is 73.8 Å². The van der Waals surface area contributed by atoms with E-state index >= 15 is 0 Å². The molecule has 1 aromatic heterocycles. The van der Waals surface area contributed by atoms with Crippen LogP contribution in [0.15, 0.2) is 18.5 Å². The Hall–Kier alpha value is -0.850. The van der Waals surface area contributed by atoms with E-state index in [1.165, 1.54) is 18.4 Å². The molecule has 1 heterocycles. The number of hydrogen-bond acceptors (Lipinski definition) is 1. The fraction of sp³-hybridized carbons (Fsp3) is 0.545. The summed E-state index contributed by atoms with van der Waals surface area (Å²) in [5, 5.41) is 0. The molecule has 1 nitrogen and oxygen atoms in total. The summed E-state index contributed by atoms with van der Waals surface area (Å²) in [6.07, 6.45) is 6.70. The summed E-state index contributed by atoms with van der Waals surface area (Å²) in [6.45, 7) is 4.48. The van der Waals surface area contributed by atoms with Gasteiger partial charge in [-0.25, -0.2) is 0 Å². The third-order valence-corrected chi connectivity index (χ3v) is 2.53. The van der Waals surface area contributed by atoms with Gasteiger partial charge < -0.3 is 0 Å². The van der Waals surface area contributed by atoms with Gasteiger partial charge in [0.1, 0.15) is 0 Å². The van der Waals surface area contributed by atoms with Crippen molar-refractivity contribution >= 4 is 0 Å². The molecule has 0 aromatic carbocycles. The van der Waals surface area contributed by atoms with E-state index in [1.54, 1.807) is 5.56 Å². The molecule has 2 rings (SSSR count). The van der Waals surface area contributed by atoms with E-state index in [2.05, 4.69) is 24.9 Å². The van der Waals surface area contributed by atoms with Crippen molar-refractivity contribution in [1.29, 1.82) is 0 Å². The fourth-order valence-corrected chi connectivity index (χ4v) is 1.67. The molecule has 1 fully saturated rings. The normalized spacial score (nSPS) is 16.9. The predicted octanol–water partition coefficient (Wildman–Crippen LogP) is 3.08. The molecule has 0 spiro atoms. The standard InChI is InChI=1S/C11H15N/c1-8(2)11-7-12-6-5-10(11)9-3-4-9/h5-9H,3-4H2,1-2H3. The maximum atomic E-state index is 4.18. The molecule has 0 atom stereocenters. The molecule has 1 aliphatic rings. The summed E-state index contributed by atoms with van der Waals surface area (Å²) >= 11 is 0. The maximum Gasteiger partial charge on any atom is 0.0305 e. The molecule has 1 aromatic rings. The van der Waals surface area contributed by atoms with Gasteiger partial charge >= 0.3 is 0 Å². The molecular weight excluding hydrogens is 146 g/mol. The van der Waals surface area contributed by atoms with Crippen LogP contribution < -0.4 is 0 Å². The highest BCUT2D eigenvalue weighted by Gasteiger charge is 2.26. The Morgan fingerprint density at radius 3 is 2.75 bits per heavy atom. The molecule has 1 aliphatic carbocycles. The molecule has 0 aliphatic heterocycles. The Kier molecular flexibility index (Phi) is 1.87. The van der Waals surface area contributed by atoms with E-state index < -0.39 is 0 Å². The lowest BCUT2D eigenvalue weighted by molar-refractivity contribution is 0.832. The van der Waals surface area contributed by atoms with Gasteiger partial charge in [0.25, 0.3) is 0 Å². The highest BCUT2D eigenvalue weighted by atomic mass is 14.6. The monoisotopic (exact) mass is 161 g/mol. The second-order valence-corrected chi connectivity index (χ2v) is 3.93. The first-order chi connectivity index (χ1) is 5.79. The summed E-state index contributed by atoms with van der Waals surface area (Å²) in [5.74, 6) is 1.47. The Morgan fingerprint density at radius 1 is 1.42 bits per heavy atom. The summed E-state index contributed by atoms with van der Waals surface area (Å²) in [5.41, 5.74) is 2.99. The van der Waals surface area contributed by atoms with Gasteiger partial charge in [-0.15, -0.1) is 0 Å². The summed E-state index contributed by atoms with van der Waals surface area (Å²) in [7, 11) is 0. The van der Waals surface area contributed by atoms with Crippen LogP contribution in [0.2, 0.25) is 0 Å². The second-order valence-electron chi connectivity index (χ2n) is 3.93. The van der Waals surface area contributed by atoms with Crippen molar-refractivity contribution in [3.63, 3.8) is 0 Å². The number of aromatic nitrogens is 1. The lowest BCUT2D eigenvalue weighted by Crippen LogP contribution is -1.95. The van der Waals surface area contributed by atoms with Crippen molar-refractivity contribution in [3.8, 4) is 0 Å². The second kappa shape index (κ2) is 2.89. The molecule has 1 saturated carbocycles. The van der Waals surface area contributed by atoms with Crippen LogP contribution in [-0.4, -0.2) is 4.98 Å². The first kappa shape index (κ1) is 7.78. The van der Waals surface area contributed by atoms with Crippen molar-refractivity contribution in [2.24, 2.45) is 0 Å².